The van der Waals surface area contributed by atoms with E-state index >= 15 is 0 Å². The molecule has 0 aliphatic heterocycles. The smallest absolute Gasteiger partial charge is 0.267 e. The van der Waals surface area contributed by atoms with Gasteiger partial charge in [-0.1, -0.05) is 24.3 Å². The van der Waals surface area contributed by atoms with E-state index in [-0.39, 0.29) is 11.6 Å². The van der Waals surface area contributed by atoms with Gasteiger partial charge in [0.2, 0.25) is 5.58 Å². The van der Waals surface area contributed by atoms with E-state index in [0.717, 1.165) is 5.39 Å². The first-order valence-electron chi connectivity index (χ1n) is 6.37. The Labute approximate surface area is 118 Å². The number of hydrogen-bond donors (Lipinski definition) is 0. The Hall–Kier alpha value is -2.95. The molecule has 0 amide bonds. The highest BCUT2D eigenvalue weighted by atomic mass is 19.1. The number of fused-ring (bicyclic) bond motifs is 3. The summed E-state index contributed by atoms with van der Waals surface area (Å²) in [5, 5.41) is 0.869. The number of hydrogen-bond acceptors (Lipinski definition) is 4. The van der Waals surface area contributed by atoms with Gasteiger partial charge in [-0.3, -0.25) is 0 Å². The topological polar surface area (TPSA) is 48.2 Å². The largest absolute Gasteiger partial charge is 0.449 e. The van der Waals surface area contributed by atoms with Crippen LogP contribution in [0, 0.1) is 5.82 Å². The molecule has 2 aromatic heterocycles. The molecule has 0 fully saturated rings. The second-order valence-electron chi connectivity index (χ2n) is 4.49. The van der Waals surface area contributed by atoms with Crippen molar-refractivity contribution in [3.63, 3.8) is 0 Å². The second kappa shape index (κ2) is 4.56. The molecule has 4 aromatic rings. The van der Waals surface area contributed by atoms with Gasteiger partial charge < -0.3 is 9.15 Å². The average molecular weight is 280 g/mol. The third-order valence-electron chi connectivity index (χ3n) is 3.17. The van der Waals surface area contributed by atoms with Crippen LogP contribution in [0.15, 0.2) is 59.3 Å². The number of aromatic nitrogens is 2. The van der Waals surface area contributed by atoms with E-state index in [1.54, 1.807) is 12.1 Å². The number of nitrogens with zero attached hydrogens (tertiary/aromatic N) is 2. The summed E-state index contributed by atoms with van der Waals surface area (Å²) >= 11 is 0. The van der Waals surface area contributed by atoms with Gasteiger partial charge in [-0.25, -0.2) is 9.37 Å². The lowest BCUT2D eigenvalue weighted by Crippen LogP contribution is -1.91. The van der Waals surface area contributed by atoms with Crippen molar-refractivity contribution < 1.29 is 13.5 Å². The molecule has 0 saturated carbocycles. The maximum absolute atomic E-state index is 13.7. The molecule has 0 unspecified atom stereocenters. The first kappa shape index (κ1) is 11.8. The molecule has 4 rings (SSSR count). The molecule has 0 aliphatic carbocycles. The van der Waals surface area contributed by atoms with Crippen molar-refractivity contribution in [3.05, 3.63) is 60.7 Å². The SMILES string of the molecule is Fc1ccccc1Oc1ncnc2c1oc1ccccc12. The summed E-state index contributed by atoms with van der Waals surface area (Å²) in [7, 11) is 0. The zero-order chi connectivity index (χ0) is 14.2. The summed E-state index contributed by atoms with van der Waals surface area (Å²) in [6.07, 6.45) is 1.38. The standard InChI is InChI=1S/C16H9FN2O2/c17-11-6-2-4-8-13(11)21-16-15-14(18-9-19-16)10-5-1-3-7-12(10)20-15/h1-9H. The molecule has 0 N–H and O–H groups in total. The zero-order valence-electron chi connectivity index (χ0n) is 10.8. The zero-order valence-corrected chi connectivity index (χ0v) is 10.8. The molecule has 4 nitrogen and oxygen atoms in total. The van der Waals surface area contributed by atoms with Crippen molar-refractivity contribution in [2.24, 2.45) is 0 Å². The molecule has 0 aliphatic rings. The van der Waals surface area contributed by atoms with E-state index in [0.29, 0.717) is 16.7 Å². The van der Waals surface area contributed by atoms with Crippen molar-refractivity contribution in [1.82, 2.24) is 9.97 Å². The monoisotopic (exact) mass is 280 g/mol. The van der Waals surface area contributed by atoms with Gasteiger partial charge >= 0.3 is 0 Å². The van der Waals surface area contributed by atoms with E-state index in [1.165, 1.54) is 18.5 Å². The number of ether oxygens (including phenoxy) is 1. The van der Waals surface area contributed by atoms with Gasteiger partial charge in [0.1, 0.15) is 17.4 Å². The molecular formula is C16H9FN2O2. The van der Waals surface area contributed by atoms with Crippen LogP contribution in [0.1, 0.15) is 0 Å². The van der Waals surface area contributed by atoms with E-state index in [2.05, 4.69) is 9.97 Å². The van der Waals surface area contributed by atoms with Crippen LogP contribution in [0.4, 0.5) is 4.39 Å². The van der Waals surface area contributed by atoms with Crippen molar-refractivity contribution in [2.45, 2.75) is 0 Å². The molecule has 5 heteroatoms. The van der Waals surface area contributed by atoms with Crippen molar-refractivity contribution in [2.75, 3.05) is 0 Å². The number of rotatable bonds is 2. The minimum Gasteiger partial charge on any atom is -0.449 e. The van der Waals surface area contributed by atoms with Crippen molar-refractivity contribution in [1.29, 1.82) is 0 Å². The lowest BCUT2D eigenvalue weighted by molar-refractivity contribution is 0.423. The minimum atomic E-state index is -0.458. The Kier molecular flexibility index (Phi) is 2.57. The molecule has 0 saturated heterocycles. The van der Waals surface area contributed by atoms with Gasteiger partial charge in [0, 0.05) is 5.39 Å². The van der Waals surface area contributed by atoms with Crippen LogP contribution in [-0.2, 0) is 0 Å². The van der Waals surface area contributed by atoms with Crippen LogP contribution in [0.3, 0.4) is 0 Å². The van der Waals surface area contributed by atoms with E-state index in [4.69, 9.17) is 9.15 Å². The van der Waals surface area contributed by atoms with Gasteiger partial charge in [-0.05, 0) is 24.3 Å². The highest BCUT2D eigenvalue weighted by Gasteiger charge is 2.15. The Balaban J connectivity index is 1.91. The van der Waals surface area contributed by atoms with Gasteiger partial charge in [0.05, 0.1) is 0 Å². The molecule has 21 heavy (non-hydrogen) atoms. The Morgan fingerprint density at radius 2 is 1.76 bits per heavy atom. The quantitative estimate of drug-likeness (QED) is 0.549. The number of halogens is 1. The molecule has 0 spiro atoms. The highest BCUT2D eigenvalue weighted by Crippen LogP contribution is 2.34. The fourth-order valence-electron chi connectivity index (χ4n) is 2.21. The summed E-state index contributed by atoms with van der Waals surface area (Å²) in [4.78, 5) is 8.26. The summed E-state index contributed by atoms with van der Waals surface area (Å²) in [5.74, 6) is -0.167. The van der Waals surface area contributed by atoms with Crippen molar-refractivity contribution >= 4 is 22.1 Å². The Bertz CT molecular complexity index is 949. The maximum atomic E-state index is 13.7. The summed E-state index contributed by atoms with van der Waals surface area (Å²) < 4.78 is 24.9. The van der Waals surface area contributed by atoms with Crippen molar-refractivity contribution in [3.8, 4) is 11.6 Å². The normalized spacial score (nSPS) is 11.1. The maximum Gasteiger partial charge on any atom is 0.267 e. The van der Waals surface area contributed by atoms with Crippen LogP contribution in [0.2, 0.25) is 0 Å². The van der Waals surface area contributed by atoms with Crippen LogP contribution < -0.4 is 4.74 Å². The molecule has 2 aromatic carbocycles. The summed E-state index contributed by atoms with van der Waals surface area (Å²) in [5.41, 5.74) is 1.74. The molecule has 0 atom stereocenters. The second-order valence-corrected chi connectivity index (χ2v) is 4.49. The molecular weight excluding hydrogens is 271 g/mol. The molecule has 102 valence electrons. The Morgan fingerprint density at radius 3 is 2.67 bits per heavy atom. The number of furan rings is 1. The lowest BCUT2D eigenvalue weighted by atomic mass is 10.2. The van der Waals surface area contributed by atoms with Gasteiger partial charge in [0.25, 0.3) is 5.88 Å². The van der Waals surface area contributed by atoms with Crippen LogP contribution >= 0.6 is 0 Å². The third kappa shape index (κ3) is 1.90. The van der Waals surface area contributed by atoms with Gasteiger partial charge in [-0.15, -0.1) is 0 Å². The molecule has 0 bridgehead atoms. The fourth-order valence-corrected chi connectivity index (χ4v) is 2.21. The third-order valence-corrected chi connectivity index (χ3v) is 3.17. The van der Waals surface area contributed by atoms with E-state index in [9.17, 15) is 4.39 Å². The highest BCUT2D eigenvalue weighted by molar-refractivity contribution is 6.03. The first-order chi connectivity index (χ1) is 10.3. The van der Waals surface area contributed by atoms with Crippen LogP contribution in [-0.4, -0.2) is 9.97 Å². The fraction of sp³-hybridized carbons (Fsp3) is 0. The number of para-hydroxylation sites is 2. The first-order valence-corrected chi connectivity index (χ1v) is 6.37. The minimum absolute atomic E-state index is 0.0953. The average Bonchev–Trinajstić information content (AvgIpc) is 2.89. The summed E-state index contributed by atoms with van der Waals surface area (Å²) in [6, 6.07) is 13.7. The van der Waals surface area contributed by atoms with Gasteiger partial charge in [-0.2, -0.15) is 4.98 Å². The molecule has 0 radical (unpaired) electrons. The molecule has 2 heterocycles. The number of benzene rings is 2. The van der Waals surface area contributed by atoms with Crippen LogP contribution in [0.25, 0.3) is 22.1 Å². The summed E-state index contributed by atoms with van der Waals surface area (Å²) in [6.45, 7) is 0. The van der Waals surface area contributed by atoms with E-state index < -0.39 is 5.82 Å². The predicted octanol–water partition coefficient (Wildman–Crippen LogP) is 4.31. The Morgan fingerprint density at radius 1 is 0.952 bits per heavy atom. The van der Waals surface area contributed by atoms with Gasteiger partial charge in [0.15, 0.2) is 11.6 Å². The predicted molar refractivity (Wildman–Crippen MR) is 75.8 cm³/mol. The van der Waals surface area contributed by atoms with E-state index in [1.807, 2.05) is 24.3 Å². The van der Waals surface area contributed by atoms with Crippen LogP contribution in [0.5, 0.6) is 11.6 Å². The lowest BCUT2D eigenvalue weighted by Gasteiger charge is -2.04.